The van der Waals surface area contributed by atoms with Crippen LogP contribution in [0.2, 0.25) is 0 Å². The molecular weight excluding hydrogens is 344 g/mol. The number of benzene rings is 2. The van der Waals surface area contributed by atoms with E-state index in [1.165, 1.54) is 35.9 Å². The summed E-state index contributed by atoms with van der Waals surface area (Å²) in [4.78, 5) is 22.4. The van der Waals surface area contributed by atoms with Gasteiger partial charge in [-0.1, -0.05) is 17.8 Å². The third-order valence-electron chi connectivity index (χ3n) is 4.58. The van der Waals surface area contributed by atoms with Crippen molar-refractivity contribution >= 4 is 40.1 Å². The molecule has 5 nitrogen and oxygen atoms in total. The van der Waals surface area contributed by atoms with Crippen molar-refractivity contribution < 1.29 is 4.79 Å². The van der Waals surface area contributed by atoms with E-state index >= 15 is 0 Å². The van der Waals surface area contributed by atoms with Gasteiger partial charge in [0.2, 0.25) is 5.91 Å². The number of rotatable bonds is 5. The average molecular weight is 366 g/mol. The number of aromatic nitrogens is 2. The number of carbonyl (C=O) groups excluding carboxylic acids is 1. The van der Waals surface area contributed by atoms with E-state index in [0.29, 0.717) is 5.75 Å². The van der Waals surface area contributed by atoms with Gasteiger partial charge in [0.1, 0.15) is 0 Å². The summed E-state index contributed by atoms with van der Waals surface area (Å²) < 4.78 is 0. The van der Waals surface area contributed by atoms with Gasteiger partial charge in [-0.25, -0.2) is 4.98 Å². The van der Waals surface area contributed by atoms with Crippen molar-refractivity contribution in [2.24, 2.45) is 0 Å². The fourth-order valence-corrected chi connectivity index (χ4v) is 3.92. The molecule has 0 bridgehead atoms. The molecule has 1 amide bonds. The second-order valence-electron chi connectivity index (χ2n) is 6.64. The molecule has 0 unspecified atom stereocenters. The SMILES string of the molecule is Cc1ccc2nc(SCC(=O)Nc3ccc(N4CCCC4)cc3)[nH]c2c1. The van der Waals surface area contributed by atoms with Crippen LogP contribution in [0.5, 0.6) is 0 Å². The summed E-state index contributed by atoms with van der Waals surface area (Å²) >= 11 is 1.42. The lowest BCUT2D eigenvalue weighted by Crippen LogP contribution is -2.18. The van der Waals surface area contributed by atoms with Crippen LogP contribution in [0, 0.1) is 6.92 Å². The maximum absolute atomic E-state index is 12.2. The summed E-state index contributed by atoms with van der Waals surface area (Å²) in [5.41, 5.74) is 5.18. The van der Waals surface area contributed by atoms with Gasteiger partial charge in [0.15, 0.2) is 5.16 Å². The molecule has 4 rings (SSSR count). The number of nitrogens with zero attached hydrogens (tertiary/aromatic N) is 2. The number of hydrogen-bond donors (Lipinski definition) is 2. The minimum atomic E-state index is -0.0273. The number of carbonyl (C=O) groups is 1. The first kappa shape index (κ1) is 17.0. The molecular formula is C20H22N4OS. The zero-order valence-electron chi connectivity index (χ0n) is 14.8. The molecule has 2 heterocycles. The summed E-state index contributed by atoms with van der Waals surface area (Å²) in [6.45, 7) is 4.30. The van der Waals surface area contributed by atoms with Crippen molar-refractivity contribution in [3.05, 3.63) is 48.0 Å². The van der Waals surface area contributed by atoms with Gasteiger partial charge >= 0.3 is 0 Å². The molecule has 2 aromatic carbocycles. The summed E-state index contributed by atoms with van der Waals surface area (Å²) in [7, 11) is 0. The highest BCUT2D eigenvalue weighted by Crippen LogP contribution is 2.23. The largest absolute Gasteiger partial charge is 0.372 e. The Balaban J connectivity index is 1.33. The van der Waals surface area contributed by atoms with Gasteiger partial charge in [0.05, 0.1) is 16.8 Å². The predicted molar refractivity (Wildman–Crippen MR) is 108 cm³/mol. The smallest absolute Gasteiger partial charge is 0.234 e. The minimum Gasteiger partial charge on any atom is -0.372 e. The molecule has 1 saturated heterocycles. The Kier molecular flexibility index (Phi) is 4.84. The summed E-state index contributed by atoms with van der Waals surface area (Å²) in [5.74, 6) is 0.299. The maximum Gasteiger partial charge on any atom is 0.234 e. The standard InChI is InChI=1S/C20H22N4OS/c1-14-4-9-17-18(12-14)23-20(22-17)26-13-19(25)21-15-5-7-16(8-6-15)24-10-2-3-11-24/h4-9,12H,2-3,10-11,13H2,1H3,(H,21,25)(H,22,23). The number of amides is 1. The van der Waals surface area contributed by atoms with Crippen molar-refractivity contribution in [3.63, 3.8) is 0 Å². The fraction of sp³-hybridized carbons (Fsp3) is 0.300. The van der Waals surface area contributed by atoms with Gasteiger partial charge in [-0.3, -0.25) is 4.79 Å². The Bertz CT molecular complexity index is 913. The highest BCUT2D eigenvalue weighted by molar-refractivity contribution is 7.99. The number of fused-ring (bicyclic) bond motifs is 1. The molecule has 2 N–H and O–H groups in total. The Morgan fingerprint density at radius 3 is 2.73 bits per heavy atom. The first-order valence-electron chi connectivity index (χ1n) is 8.91. The highest BCUT2D eigenvalue weighted by Gasteiger charge is 2.12. The van der Waals surface area contributed by atoms with Gasteiger partial charge in [0.25, 0.3) is 0 Å². The number of anilines is 2. The third kappa shape index (κ3) is 3.85. The van der Waals surface area contributed by atoms with Crippen molar-refractivity contribution in [3.8, 4) is 0 Å². The molecule has 26 heavy (non-hydrogen) atoms. The first-order valence-corrected chi connectivity index (χ1v) is 9.90. The van der Waals surface area contributed by atoms with Gasteiger partial charge in [-0.2, -0.15) is 0 Å². The second kappa shape index (κ2) is 7.41. The van der Waals surface area contributed by atoms with Gasteiger partial charge in [0, 0.05) is 24.5 Å². The van der Waals surface area contributed by atoms with Gasteiger partial charge in [-0.15, -0.1) is 0 Å². The Hall–Kier alpha value is -2.47. The number of nitrogens with one attached hydrogen (secondary N) is 2. The molecule has 0 atom stereocenters. The monoisotopic (exact) mass is 366 g/mol. The van der Waals surface area contributed by atoms with Crippen LogP contribution in [-0.2, 0) is 4.79 Å². The van der Waals surface area contributed by atoms with Crippen LogP contribution in [0.1, 0.15) is 18.4 Å². The van der Waals surface area contributed by atoms with Crippen LogP contribution >= 0.6 is 11.8 Å². The Morgan fingerprint density at radius 2 is 1.96 bits per heavy atom. The van der Waals surface area contributed by atoms with Crippen LogP contribution in [0.3, 0.4) is 0 Å². The van der Waals surface area contributed by atoms with Crippen LogP contribution in [-0.4, -0.2) is 34.7 Å². The molecule has 1 fully saturated rings. The third-order valence-corrected chi connectivity index (χ3v) is 5.45. The zero-order valence-corrected chi connectivity index (χ0v) is 15.6. The van der Waals surface area contributed by atoms with E-state index in [1.807, 2.05) is 24.3 Å². The molecule has 6 heteroatoms. The summed E-state index contributed by atoms with van der Waals surface area (Å²) in [6.07, 6.45) is 2.52. The summed E-state index contributed by atoms with van der Waals surface area (Å²) in [6, 6.07) is 14.2. The number of hydrogen-bond acceptors (Lipinski definition) is 4. The number of imidazole rings is 1. The Morgan fingerprint density at radius 1 is 1.19 bits per heavy atom. The maximum atomic E-state index is 12.2. The van der Waals surface area contributed by atoms with Crippen molar-refractivity contribution in [2.45, 2.75) is 24.9 Å². The number of thioether (sulfide) groups is 1. The van der Waals surface area contributed by atoms with Crippen molar-refractivity contribution in [2.75, 3.05) is 29.1 Å². The van der Waals surface area contributed by atoms with Crippen molar-refractivity contribution in [1.82, 2.24) is 9.97 Å². The van der Waals surface area contributed by atoms with E-state index in [-0.39, 0.29) is 5.91 Å². The van der Waals surface area contributed by atoms with E-state index in [2.05, 4.69) is 45.3 Å². The molecule has 134 valence electrons. The molecule has 3 aromatic rings. The fourth-order valence-electron chi connectivity index (χ4n) is 3.23. The van der Waals surface area contributed by atoms with Gasteiger partial charge in [-0.05, 0) is 61.7 Å². The van der Waals surface area contributed by atoms with E-state index in [4.69, 9.17) is 0 Å². The zero-order chi connectivity index (χ0) is 17.9. The first-order chi connectivity index (χ1) is 12.7. The second-order valence-corrected chi connectivity index (χ2v) is 7.60. The van der Waals surface area contributed by atoms with E-state index in [0.717, 1.165) is 35.0 Å². The Labute approximate surface area is 157 Å². The predicted octanol–water partition coefficient (Wildman–Crippen LogP) is 4.20. The highest BCUT2D eigenvalue weighted by atomic mass is 32.2. The van der Waals surface area contributed by atoms with Crippen molar-refractivity contribution in [1.29, 1.82) is 0 Å². The molecule has 1 aliphatic rings. The summed E-state index contributed by atoms with van der Waals surface area (Å²) in [5, 5.41) is 3.72. The topological polar surface area (TPSA) is 61.0 Å². The quantitative estimate of drug-likeness (QED) is 0.664. The van der Waals surface area contributed by atoms with E-state index in [9.17, 15) is 4.79 Å². The van der Waals surface area contributed by atoms with Crippen LogP contribution in [0.4, 0.5) is 11.4 Å². The molecule has 0 radical (unpaired) electrons. The van der Waals surface area contributed by atoms with Crippen LogP contribution < -0.4 is 10.2 Å². The molecule has 1 aromatic heterocycles. The molecule has 0 spiro atoms. The average Bonchev–Trinajstić information content (AvgIpc) is 3.30. The van der Waals surface area contributed by atoms with E-state index in [1.54, 1.807) is 0 Å². The number of aryl methyl sites for hydroxylation is 1. The lowest BCUT2D eigenvalue weighted by Gasteiger charge is -2.17. The molecule has 0 saturated carbocycles. The molecule has 1 aliphatic heterocycles. The number of aromatic amines is 1. The lowest BCUT2D eigenvalue weighted by molar-refractivity contribution is -0.113. The van der Waals surface area contributed by atoms with Crippen LogP contribution in [0.25, 0.3) is 11.0 Å². The van der Waals surface area contributed by atoms with Gasteiger partial charge < -0.3 is 15.2 Å². The normalized spacial score (nSPS) is 14.1. The minimum absolute atomic E-state index is 0.0273. The lowest BCUT2D eigenvalue weighted by atomic mass is 10.2. The molecule has 0 aliphatic carbocycles. The number of H-pyrrole nitrogens is 1. The van der Waals surface area contributed by atoms with E-state index < -0.39 is 0 Å². The van der Waals surface area contributed by atoms with Crippen LogP contribution in [0.15, 0.2) is 47.6 Å².